The van der Waals surface area contributed by atoms with E-state index in [1.165, 1.54) is 5.56 Å². The van der Waals surface area contributed by atoms with Crippen LogP contribution in [0.3, 0.4) is 0 Å². The molecular formula is C12H16N4. The first kappa shape index (κ1) is 10.7. The van der Waals surface area contributed by atoms with Crippen LogP contribution < -0.4 is 5.32 Å². The van der Waals surface area contributed by atoms with Gasteiger partial charge in [-0.05, 0) is 31.0 Å². The number of nitrogens with one attached hydrogen (secondary N) is 1. The number of anilines is 1. The number of aromatic nitrogens is 3. The minimum absolute atomic E-state index is 0.373. The molecule has 16 heavy (non-hydrogen) atoms. The summed E-state index contributed by atoms with van der Waals surface area (Å²) in [5, 5.41) is 7.54. The largest absolute Gasteiger partial charge is 0.368 e. The first-order chi connectivity index (χ1) is 7.75. The Morgan fingerprint density at radius 2 is 2.00 bits per heavy atom. The molecule has 2 aromatic rings. The van der Waals surface area contributed by atoms with Crippen molar-refractivity contribution in [2.45, 2.75) is 19.4 Å². The predicted octanol–water partition coefficient (Wildman–Crippen LogP) is 1.86. The molecular weight excluding hydrogens is 200 g/mol. The summed E-state index contributed by atoms with van der Waals surface area (Å²) >= 11 is 0. The maximum absolute atomic E-state index is 4.12. The lowest BCUT2D eigenvalue weighted by Crippen LogP contribution is -2.19. The van der Waals surface area contributed by atoms with E-state index in [0.717, 1.165) is 12.2 Å². The smallest absolute Gasteiger partial charge is 0.124 e. The van der Waals surface area contributed by atoms with E-state index in [-0.39, 0.29) is 0 Å². The summed E-state index contributed by atoms with van der Waals surface area (Å²) in [4.78, 5) is 4.01. The van der Waals surface area contributed by atoms with Gasteiger partial charge in [0.1, 0.15) is 5.82 Å². The lowest BCUT2D eigenvalue weighted by atomic mass is 10.1. The van der Waals surface area contributed by atoms with E-state index in [1.807, 2.05) is 42.3 Å². The third-order valence-corrected chi connectivity index (χ3v) is 2.51. The zero-order valence-electron chi connectivity index (χ0n) is 9.59. The first-order valence-corrected chi connectivity index (χ1v) is 5.39. The molecule has 0 radical (unpaired) electrons. The van der Waals surface area contributed by atoms with Crippen LogP contribution in [0.25, 0.3) is 0 Å². The van der Waals surface area contributed by atoms with Crippen LogP contribution in [-0.2, 0) is 13.5 Å². The monoisotopic (exact) mass is 216 g/mol. The van der Waals surface area contributed by atoms with Crippen LogP contribution in [-0.4, -0.2) is 20.8 Å². The Balaban J connectivity index is 1.95. The summed E-state index contributed by atoms with van der Waals surface area (Å²) in [5.41, 5.74) is 1.29. The van der Waals surface area contributed by atoms with Gasteiger partial charge in [-0.2, -0.15) is 5.10 Å². The van der Waals surface area contributed by atoms with Crippen molar-refractivity contribution in [2.24, 2.45) is 7.05 Å². The molecule has 2 aromatic heterocycles. The van der Waals surface area contributed by atoms with Crippen LogP contribution in [0.5, 0.6) is 0 Å². The molecule has 0 aromatic carbocycles. The number of aryl methyl sites for hydroxylation is 1. The Kier molecular flexibility index (Phi) is 3.19. The Labute approximate surface area is 95.3 Å². The minimum Gasteiger partial charge on any atom is -0.368 e. The standard InChI is InChI=1S/C12H16N4/c1-10(9-11-3-6-13-7-4-11)15-12-5-8-14-16(12)2/h3-8,10,15H,9H2,1-2H3. The predicted molar refractivity (Wildman–Crippen MR) is 64.2 cm³/mol. The number of nitrogens with zero attached hydrogens (tertiary/aromatic N) is 3. The number of pyridine rings is 1. The second-order valence-corrected chi connectivity index (χ2v) is 3.95. The molecule has 0 saturated heterocycles. The maximum Gasteiger partial charge on any atom is 0.124 e. The Bertz CT molecular complexity index is 435. The average molecular weight is 216 g/mol. The topological polar surface area (TPSA) is 42.7 Å². The summed E-state index contributed by atoms with van der Waals surface area (Å²) in [7, 11) is 1.93. The molecule has 1 atom stereocenters. The van der Waals surface area contributed by atoms with Gasteiger partial charge in [-0.15, -0.1) is 0 Å². The van der Waals surface area contributed by atoms with Crippen molar-refractivity contribution < 1.29 is 0 Å². The van der Waals surface area contributed by atoms with Crippen LogP contribution in [0, 0.1) is 0 Å². The van der Waals surface area contributed by atoms with E-state index in [0.29, 0.717) is 6.04 Å². The highest BCUT2D eigenvalue weighted by Gasteiger charge is 2.05. The van der Waals surface area contributed by atoms with E-state index >= 15 is 0 Å². The van der Waals surface area contributed by atoms with Gasteiger partial charge in [0, 0.05) is 31.5 Å². The lowest BCUT2D eigenvalue weighted by molar-refractivity contribution is 0.729. The highest BCUT2D eigenvalue weighted by molar-refractivity contribution is 5.35. The van der Waals surface area contributed by atoms with Gasteiger partial charge in [0.05, 0.1) is 6.20 Å². The molecule has 0 spiro atoms. The van der Waals surface area contributed by atoms with Crippen LogP contribution >= 0.6 is 0 Å². The first-order valence-electron chi connectivity index (χ1n) is 5.39. The van der Waals surface area contributed by atoms with Gasteiger partial charge in [0.2, 0.25) is 0 Å². The van der Waals surface area contributed by atoms with Gasteiger partial charge in [0.25, 0.3) is 0 Å². The molecule has 0 fully saturated rings. The number of rotatable bonds is 4. The highest BCUT2D eigenvalue weighted by atomic mass is 15.3. The normalized spacial score (nSPS) is 12.4. The molecule has 0 amide bonds. The van der Waals surface area contributed by atoms with Gasteiger partial charge < -0.3 is 5.32 Å². The van der Waals surface area contributed by atoms with E-state index in [1.54, 1.807) is 6.20 Å². The zero-order valence-corrected chi connectivity index (χ0v) is 9.59. The molecule has 1 N–H and O–H groups in total. The average Bonchev–Trinajstić information content (AvgIpc) is 2.66. The van der Waals surface area contributed by atoms with Gasteiger partial charge in [-0.3, -0.25) is 9.67 Å². The van der Waals surface area contributed by atoms with Crippen molar-refractivity contribution in [3.8, 4) is 0 Å². The fourth-order valence-corrected chi connectivity index (χ4v) is 1.69. The summed E-state index contributed by atoms with van der Waals surface area (Å²) in [6, 6.07) is 6.43. The molecule has 0 aliphatic rings. The highest BCUT2D eigenvalue weighted by Crippen LogP contribution is 2.09. The van der Waals surface area contributed by atoms with Crippen LogP contribution in [0.4, 0.5) is 5.82 Å². The Morgan fingerprint density at radius 1 is 1.25 bits per heavy atom. The Morgan fingerprint density at radius 3 is 2.62 bits per heavy atom. The van der Waals surface area contributed by atoms with E-state index in [9.17, 15) is 0 Å². The number of hydrogen-bond donors (Lipinski definition) is 1. The molecule has 4 heteroatoms. The molecule has 0 bridgehead atoms. The molecule has 1 unspecified atom stereocenters. The van der Waals surface area contributed by atoms with Crippen molar-refractivity contribution in [3.05, 3.63) is 42.4 Å². The molecule has 0 saturated carbocycles. The maximum atomic E-state index is 4.12. The van der Waals surface area contributed by atoms with Gasteiger partial charge in [-0.1, -0.05) is 0 Å². The van der Waals surface area contributed by atoms with E-state index in [4.69, 9.17) is 0 Å². The quantitative estimate of drug-likeness (QED) is 0.848. The Hall–Kier alpha value is -1.84. The second kappa shape index (κ2) is 4.79. The number of hydrogen-bond acceptors (Lipinski definition) is 3. The van der Waals surface area contributed by atoms with Gasteiger partial charge in [-0.25, -0.2) is 0 Å². The van der Waals surface area contributed by atoms with Crippen molar-refractivity contribution in [2.75, 3.05) is 5.32 Å². The summed E-state index contributed by atoms with van der Waals surface area (Å²) in [5.74, 6) is 1.04. The van der Waals surface area contributed by atoms with Crippen molar-refractivity contribution in [3.63, 3.8) is 0 Å². The van der Waals surface area contributed by atoms with Crippen LogP contribution in [0.1, 0.15) is 12.5 Å². The summed E-state index contributed by atoms with van der Waals surface area (Å²) in [6.45, 7) is 2.16. The van der Waals surface area contributed by atoms with Crippen molar-refractivity contribution in [1.29, 1.82) is 0 Å². The van der Waals surface area contributed by atoms with Crippen LogP contribution in [0.2, 0.25) is 0 Å². The third kappa shape index (κ3) is 2.59. The van der Waals surface area contributed by atoms with E-state index in [2.05, 4.69) is 22.3 Å². The molecule has 2 heterocycles. The third-order valence-electron chi connectivity index (χ3n) is 2.51. The SMILES string of the molecule is CC(Cc1ccncc1)Nc1ccnn1C. The van der Waals surface area contributed by atoms with Gasteiger partial charge in [0.15, 0.2) is 0 Å². The van der Waals surface area contributed by atoms with Crippen molar-refractivity contribution in [1.82, 2.24) is 14.8 Å². The molecule has 2 rings (SSSR count). The lowest BCUT2D eigenvalue weighted by Gasteiger charge is -2.14. The van der Waals surface area contributed by atoms with Crippen molar-refractivity contribution >= 4 is 5.82 Å². The molecule has 84 valence electrons. The summed E-state index contributed by atoms with van der Waals surface area (Å²) < 4.78 is 1.84. The molecule has 0 aliphatic heterocycles. The minimum atomic E-state index is 0.373. The van der Waals surface area contributed by atoms with Gasteiger partial charge >= 0.3 is 0 Å². The van der Waals surface area contributed by atoms with E-state index < -0.39 is 0 Å². The molecule has 0 aliphatic carbocycles. The zero-order chi connectivity index (χ0) is 11.4. The molecule has 4 nitrogen and oxygen atoms in total. The fourth-order valence-electron chi connectivity index (χ4n) is 1.69. The van der Waals surface area contributed by atoms with Crippen LogP contribution in [0.15, 0.2) is 36.8 Å². The second-order valence-electron chi connectivity index (χ2n) is 3.95. The fraction of sp³-hybridized carbons (Fsp3) is 0.333. The summed E-state index contributed by atoms with van der Waals surface area (Å²) in [6.07, 6.45) is 6.42.